The number of anilines is 1. The minimum atomic E-state index is -1.49. The number of nitrogens with zero attached hydrogens (tertiary/aromatic N) is 3. The van der Waals surface area contributed by atoms with E-state index in [0.29, 0.717) is 18.5 Å². The van der Waals surface area contributed by atoms with Gasteiger partial charge in [-0.25, -0.2) is 4.79 Å². The molecule has 9 heteroatoms. The number of piperidine rings is 1. The average molecular weight is 384 g/mol. The fourth-order valence-electron chi connectivity index (χ4n) is 4.71. The summed E-state index contributed by atoms with van der Waals surface area (Å²) in [7, 11) is 0. The average Bonchev–Trinajstić information content (AvgIpc) is 2.69. The van der Waals surface area contributed by atoms with E-state index in [1.54, 1.807) is 6.07 Å². The maximum absolute atomic E-state index is 13.4. The van der Waals surface area contributed by atoms with E-state index in [1.165, 1.54) is 18.2 Å². The van der Waals surface area contributed by atoms with Crippen LogP contribution in [0.1, 0.15) is 24.8 Å². The molecule has 28 heavy (non-hydrogen) atoms. The Bertz CT molecular complexity index is 914. The fraction of sp³-hybridized carbons (Fsp3) is 0.421. The number of nitrogens with one attached hydrogen (secondary N) is 1. The van der Waals surface area contributed by atoms with E-state index in [-0.39, 0.29) is 18.7 Å². The van der Waals surface area contributed by atoms with E-state index in [2.05, 4.69) is 11.9 Å². The van der Waals surface area contributed by atoms with Gasteiger partial charge in [-0.05, 0) is 30.9 Å². The van der Waals surface area contributed by atoms with Gasteiger partial charge in [-0.1, -0.05) is 6.08 Å². The second kappa shape index (κ2) is 6.43. The van der Waals surface area contributed by atoms with Crippen molar-refractivity contribution in [3.8, 4) is 0 Å². The molecule has 4 amide bonds. The predicted octanol–water partition coefficient (Wildman–Crippen LogP) is 1.76. The van der Waals surface area contributed by atoms with Gasteiger partial charge in [0.05, 0.1) is 11.0 Å². The molecule has 0 radical (unpaired) electrons. The van der Waals surface area contributed by atoms with Crippen LogP contribution in [-0.4, -0.2) is 46.8 Å². The monoisotopic (exact) mass is 384 g/mol. The van der Waals surface area contributed by atoms with E-state index in [9.17, 15) is 24.5 Å². The number of carbonyl (C=O) groups is 3. The molecule has 0 saturated carbocycles. The lowest BCUT2D eigenvalue weighted by Crippen LogP contribution is -2.72. The lowest BCUT2D eigenvalue weighted by Gasteiger charge is -2.53. The molecule has 3 heterocycles. The highest BCUT2D eigenvalue weighted by Gasteiger charge is 2.62. The lowest BCUT2D eigenvalue weighted by molar-refractivity contribution is -0.384. The number of nitro benzene ring substituents is 1. The minimum Gasteiger partial charge on any atom is -0.367 e. The molecule has 9 nitrogen and oxygen atoms in total. The number of amides is 4. The summed E-state index contributed by atoms with van der Waals surface area (Å²) in [6.07, 6.45) is 3.85. The predicted molar refractivity (Wildman–Crippen MR) is 99.7 cm³/mol. The van der Waals surface area contributed by atoms with Crippen LogP contribution in [0.3, 0.4) is 0 Å². The van der Waals surface area contributed by atoms with Crippen molar-refractivity contribution in [1.82, 2.24) is 10.2 Å². The van der Waals surface area contributed by atoms with E-state index in [4.69, 9.17) is 0 Å². The Kier molecular flexibility index (Phi) is 4.17. The van der Waals surface area contributed by atoms with Crippen LogP contribution in [0.5, 0.6) is 0 Å². The molecule has 0 aliphatic carbocycles. The number of imide groups is 2. The number of rotatable bonds is 3. The second-order valence-corrected chi connectivity index (χ2v) is 7.39. The van der Waals surface area contributed by atoms with Gasteiger partial charge in [-0.2, -0.15) is 0 Å². The summed E-state index contributed by atoms with van der Waals surface area (Å²) in [5, 5.41) is 13.6. The Balaban J connectivity index is 1.88. The Hall–Kier alpha value is -3.23. The molecule has 4 rings (SSSR count). The van der Waals surface area contributed by atoms with Crippen LogP contribution in [-0.2, 0) is 16.0 Å². The third-order valence-corrected chi connectivity index (χ3v) is 5.93. The summed E-state index contributed by atoms with van der Waals surface area (Å²) in [5.74, 6) is -1.19. The Morgan fingerprint density at radius 1 is 1.32 bits per heavy atom. The summed E-state index contributed by atoms with van der Waals surface area (Å²) in [6.45, 7) is 4.22. The van der Waals surface area contributed by atoms with Crippen LogP contribution in [0.25, 0.3) is 0 Å². The van der Waals surface area contributed by atoms with Crippen LogP contribution >= 0.6 is 0 Å². The zero-order valence-electron chi connectivity index (χ0n) is 15.2. The topological polar surface area (TPSA) is 113 Å². The van der Waals surface area contributed by atoms with Gasteiger partial charge < -0.3 is 4.90 Å². The maximum Gasteiger partial charge on any atom is 0.331 e. The van der Waals surface area contributed by atoms with Crippen molar-refractivity contribution in [2.75, 3.05) is 18.0 Å². The molecule has 2 saturated heterocycles. The molecule has 0 aromatic heterocycles. The Morgan fingerprint density at radius 3 is 2.82 bits per heavy atom. The van der Waals surface area contributed by atoms with Gasteiger partial charge in [0.15, 0.2) is 5.41 Å². The second-order valence-electron chi connectivity index (χ2n) is 7.39. The highest BCUT2D eigenvalue weighted by atomic mass is 16.6. The molecular formula is C19H20N4O5. The van der Waals surface area contributed by atoms with Gasteiger partial charge in [0.25, 0.3) is 5.69 Å². The quantitative estimate of drug-likeness (QED) is 0.368. The van der Waals surface area contributed by atoms with Gasteiger partial charge in [0.2, 0.25) is 11.8 Å². The van der Waals surface area contributed by atoms with Crippen molar-refractivity contribution < 1.29 is 19.3 Å². The molecule has 2 fully saturated rings. The number of carbonyl (C=O) groups excluding carboxylic acids is 3. The summed E-state index contributed by atoms with van der Waals surface area (Å²) in [6, 6.07) is 3.40. The van der Waals surface area contributed by atoms with Crippen LogP contribution in [0, 0.1) is 15.5 Å². The molecule has 1 aromatic carbocycles. The van der Waals surface area contributed by atoms with Gasteiger partial charge in [0, 0.05) is 37.3 Å². The standard InChI is InChI=1S/C19H20N4O5/c1-2-8-22-17(25)19(16(24)20-18(22)26)11-12-10-13(23(27)28)6-7-14(12)21-9-4-3-5-15(19)21/h2,6-7,10,15H,1,3-5,8-9,11H2,(H,20,24,26)/t15-,19-/m0/s1. The van der Waals surface area contributed by atoms with Crippen molar-refractivity contribution in [2.24, 2.45) is 5.41 Å². The molecule has 3 aliphatic rings. The molecule has 0 bridgehead atoms. The number of benzene rings is 1. The smallest absolute Gasteiger partial charge is 0.331 e. The summed E-state index contributed by atoms with van der Waals surface area (Å²) >= 11 is 0. The summed E-state index contributed by atoms with van der Waals surface area (Å²) in [5.41, 5.74) is -0.191. The zero-order valence-corrected chi connectivity index (χ0v) is 15.2. The van der Waals surface area contributed by atoms with E-state index in [1.807, 2.05) is 4.90 Å². The van der Waals surface area contributed by atoms with Crippen LogP contribution < -0.4 is 10.2 Å². The van der Waals surface area contributed by atoms with E-state index < -0.39 is 34.2 Å². The number of hydrogen-bond acceptors (Lipinski definition) is 6. The number of fused-ring (bicyclic) bond motifs is 4. The number of non-ortho nitro benzene ring substituents is 1. The molecule has 0 unspecified atom stereocenters. The zero-order chi connectivity index (χ0) is 20.1. The lowest BCUT2D eigenvalue weighted by atomic mass is 9.66. The van der Waals surface area contributed by atoms with Crippen LogP contribution in [0.15, 0.2) is 30.9 Å². The largest absolute Gasteiger partial charge is 0.367 e. The first-order valence-corrected chi connectivity index (χ1v) is 9.22. The number of urea groups is 1. The van der Waals surface area contributed by atoms with Gasteiger partial charge in [-0.15, -0.1) is 6.58 Å². The molecule has 1 aromatic rings. The van der Waals surface area contributed by atoms with Crippen molar-refractivity contribution in [2.45, 2.75) is 31.7 Å². The SMILES string of the molecule is C=CCN1C(=O)NC(=O)[C@@]2(Cc3cc([N+](=O)[O-])ccc3N3CCCC[C@H]32)C1=O. The number of barbiturate groups is 1. The number of hydrogen-bond donors (Lipinski definition) is 1. The minimum absolute atomic E-state index is 0.00574. The van der Waals surface area contributed by atoms with E-state index >= 15 is 0 Å². The Morgan fingerprint density at radius 2 is 2.11 bits per heavy atom. The number of nitro groups is 1. The fourth-order valence-corrected chi connectivity index (χ4v) is 4.71. The highest BCUT2D eigenvalue weighted by molar-refractivity contribution is 6.20. The van der Waals surface area contributed by atoms with Gasteiger partial charge in [0.1, 0.15) is 0 Å². The first kappa shape index (κ1) is 18.1. The van der Waals surface area contributed by atoms with E-state index in [0.717, 1.165) is 23.4 Å². The Labute approximate surface area is 161 Å². The molecule has 3 aliphatic heterocycles. The van der Waals surface area contributed by atoms with Gasteiger partial charge in [-0.3, -0.25) is 29.9 Å². The van der Waals surface area contributed by atoms with Crippen molar-refractivity contribution in [3.05, 3.63) is 46.5 Å². The molecular weight excluding hydrogens is 364 g/mol. The van der Waals surface area contributed by atoms with Gasteiger partial charge >= 0.3 is 6.03 Å². The van der Waals surface area contributed by atoms with Crippen molar-refractivity contribution >= 4 is 29.2 Å². The highest BCUT2D eigenvalue weighted by Crippen LogP contribution is 2.48. The molecule has 146 valence electrons. The van der Waals surface area contributed by atoms with Crippen molar-refractivity contribution in [1.29, 1.82) is 0 Å². The first-order valence-electron chi connectivity index (χ1n) is 9.22. The first-order chi connectivity index (χ1) is 13.4. The normalized spacial score (nSPS) is 26.6. The van der Waals surface area contributed by atoms with Crippen LogP contribution in [0.2, 0.25) is 0 Å². The maximum atomic E-state index is 13.4. The molecule has 1 N–H and O–H groups in total. The third kappa shape index (κ3) is 2.42. The molecule has 2 atom stereocenters. The van der Waals surface area contributed by atoms with Crippen LogP contribution in [0.4, 0.5) is 16.2 Å². The third-order valence-electron chi connectivity index (χ3n) is 5.93. The van der Waals surface area contributed by atoms with Crippen molar-refractivity contribution in [3.63, 3.8) is 0 Å². The molecule has 1 spiro atoms. The summed E-state index contributed by atoms with van der Waals surface area (Å²) < 4.78 is 0. The summed E-state index contributed by atoms with van der Waals surface area (Å²) in [4.78, 5) is 52.4.